The molecule has 6 rings (SSSR count). The summed E-state index contributed by atoms with van der Waals surface area (Å²) in [6, 6.07) is 31.7. The Morgan fingerprint density at radius 1 is 0.568 bits per heavy atom. The van der Waals surface area contributed by atoms with Crippen molar-refractivity contribution in [2.24, 2.45) is 0 Å². The molecule has 4 N–H and O–H groups in total. The Morgan fingerprint density at radius 3 is 1.65 bits per heavy atom. The van der Waals surface area contributed by atoms with Gasteiger partial charge >= 0.3 is 0 Å². The lowest BCUT2D eigenvalue weighted by atomic mass is 9.66. The molecule has 0 unspecified atom stereocenters. The molecule has 0 bridgehead atoms. The van der Waals surface area contributed by atoms with Crippen LogP contribution < -0.4 is 11.5 Å². The van der Waals surface area contributed by atoms with Crippen LogP contribution in [0.5, 0.6) is 0 Å². The minimum atomic E-state index is -0.472. The molecule has 1 aliphatic carbocycles. The molecule has 0 atom stereocenters. The third-order valence-corrected chi connectivity index (χ3v) is 8.48. The Labute approximate surface area is 220 Å². The van der Waals surface area contributed by atoms with Crippen molar-refractivity contribution in [2.45, 2.75) is 46.0 Å². The fraction of sp³-hybridized carbons (Fsp3) is 0.200. The lowest BCUT2D eigenvalue weighted by Crippen LogP contribution is -2.29. The molecule has 0 saturated carbocycles. The van der Waals surface area contributed by atoms with Gasteiger partial charge in [0.15, 0.2) is 0 Å². The highest BCUT2D eigenvalue weighted by Gasteiger charge is 2.47. The number of aryl methyl sites for hydroxylation is 4. The van der Waals surface area contributed by atoms with Crippen molar-refractivity contribution in [3.8, 4) is 11.1 Å². The Bertz CT molecular complexity index is 1630. The van der Waals surface area contributed by atoms with Gasteiger partial charge in [0, 0.05) is 11.4 Å². The zero-order chi connectivity index (χ0) is 25.9. The maximum atomic E-state index is 6.58. The molecule has 0 amide bonds. The van der Waals surface area contributed by atoms with Crippen molar-refractivity contribution in [1.82, 2.24) is 0 Å². The molecular weight excluding hydrogens is 448 g/mol. The molecular formula is C35H34N2. The third kappa shape index (κ3) is 3.25. The van der Waals surface area contributed by atoms with E-state index in [2.05, 4.69) is 113 Å². The average Bonchev–Trinajstić information content (AvgIpc) is 3.20. The summed E-state index contributed by atoms with van der Waals surface area (Å²) < 4.78 is 0. The van der Waals surface area contributed by atoms with Gasteiger partial charge in [0.25, 0.3) is 0 Å². The summed E-state index contributed by atoms with van der Waals surface area (Å²) >= 11 is 0. The van der Waals surface area contributed by atoms with E-state index >= 15 is 0 Å². The van der Waals surface area contributed by atoms with Crippen LogP contribution in [0.3, 0.4) is 0 Å². The number of nitrogens with two attached hydrogens (primary N) is 2. The smallest absolute Gasteiger partial charge is 0.0714 e. The van der Waals surface area contributed by atoms with Crippen molar-refractivity contribution in [1.29, 1.82) is 0 Å². The van der Waals surface area contributed by atoms with E-state index < -0.39 is 5.41 Å². The highest BCUT2D eigenvalue weighted by atomic mass is 14.6. The Kier molecular flexibility index (Phi) is 5.38. The zero-order valence-corrected chi connectivity index (χ0v) is 22.2. The maximum Gasteiger partial charge on any atom is 0.0714 e. The molecule has 2 heteroatoms. The van der Waals surface area contributed by atoms with Crippen LogP contribution in [-0.4, -0.2) is 0 Å². The molecule has 0 aliphatic heterocycles. The first-order chi connectivity index (χ1) is 17.9. The van der Waals surface area contributed by atoms with E-state index in [1.807, 2.05) is 0 Å². The lowest BCUT2D eigenvalue weighted by molar-refractivity contribution is 0.763. The first-order valence-electron chi connectivity index (χ1n) is 13.3. The maximum absolute atomic E-state index is 6.58. The molecule has 0 spiro atoms. The molecule has 37 heavy (non-hydrogen) atoms. The summed E-state index contributed by atoms with van der Waals surface area (Å²) in [6.45, 7) is 8.65. The lowest BCUT2D eigenvalue weighted by Gasteiger charge is -2.36. The van der Waals surface area contributed by atoms with E-state index in [-0.39, 0.29) is 0 Å². The van der Waals surface area contributed by atoms with Crippen LogP contribution in [0.1, 0.15) is 58.4 Å². The molecule has 0 fully saturated rings. The van der Waals surface area contributed by atoms with E-state index in [4.69, 9.17) is 11.5 Å². The molecule has 0 radical (unpaired) electrons. The van der Waals surface area contributed by atoms with Crippen LogP contribution >= 0.6 is 0 Å². The van der Waals surface area contributed by atoms with E-state index in [0.717, 1.165) is 35.3 Å². The standard InChI is InChI=1S/C35H34N2/c1-5-23-17-27(15-21(3)33(23)36)35(28-16-22(4)34(37)24(6-2)18-28)31-14-10-9-13-29(31)30-19-25-11-7-8-12-26(25)20-32(30)35/h7-20H,5-6,36-37H2,1-4H3. The van der Waals surface area contributed by atoms with E-state index in [1.54, 1.807) is 0 Å². The Hall–Kier alpha value is -4.04. The van der Waals surface area contributed by atoms with Crippen LogP contribution in [-0.2, 0) is 18.3 Å². The van der Waals surface area contributed by atoms with E-state index in [9.17, 15) is 0 Å². The SMILES string of the molecule is CCc1cc(C2(c3cc(C)c(N)c(CC)c3)c3ccccc3-c3cc4ccccc4cc32)cc(C)c1N. The second-order valence-corrected chi connectivity index (χ2v) is 10.5. The molecule has 5 aromatic carbocycles. The number of anilines is 2. The number of rotatable bonds is 4. The summed E-state index contributed by atoms with van der Waals surface area (Å²) in [7, 11) is 0. The van der Waals surface area contributed by atoms with Crippen molar-refractivity contribution in [2.75, 3.05) is 11.5 Å². The molecule has 1 aliphatic rings. The summed E-state index contributed by atoms with van der Waals surface area (Å²) in [6.07, 6.45) is 1.79. The van der Waals surface area contributed by atoms with Gasteiger partial charge in [-0.05, 0) is 105 Å². The molecule has 0 heterocycles. The molecule has 5 aromatic rings. The van der Waals surface area contributed by atoms with Crippen LogP contribution in [0.15, 0.2) is 84.9 Å². The fourth-order valence-corrected chi connectivity index (χ4v) is 6.51. The summed E-state index contributed by atoms with van der Waals surface area (Å²) in [5, 5.41) is 2.52. The first kappa shape index (κ1) is 23.4. The summed E-state index contributed by atoms with van der Waals surface area (Å²) in [5.41, 5.74) is 26.9. The van der Waals surface area contributed by atoms with Crippen molar-refractivity contribution >= 4 is 22.1 Å². The average molecular weight is 483 g/mol. The molecule has 2 nitrogen and oxygen atoms in total. The summed E-state index contributed by atoms with van der Waals surface area (Å²) in [4.78, 5) is 0. The van der Waals surface area contributed by atoms with Gasteiger partial charge in [-0.25, -0.2) is 0 Å². The summed E-state index contributed by atoms with van der Waals surface area (Å²) in [5.74, 6) is 0. The predicted octanol–water partition coefficient (Wildman–Crippen LogP) is 8.11. The van der Waals surface area contributed by atoms with Crippen LogP contribution in [0.2, 0.25) is 0 Å². The topological polar surface area (TPSA) is 52.0 Å². The predicted molar refractivity (Wildman–Crippen MR) is 158 cm³/mol. The number of benzene rings is 5. The first-order valence-corrected chi connectivity index (χ1v) is 13.3. The van der Waals surface area contributed by atoms with Gasteiger partial charge in [-0.2, -0.15) is 0 Å². The highest BCUT2D eigenvalue weighted by molar-refractivity contribution is 5.96. The Morgan fingerprint density at radius 2 is 1.08 bits per heavy atom. The zero-order valence-electron chi connectivity index (χ0n) is 22.2. The molecule has 0 aromatic heterocycles. The van der Waals surface area contributed by atoms with Gasteiger partial charge in [0.05, 0.1) is 5.41 Å². The molecule has 0 saturated heterocycles. The van der Waals surface area contributed by atoms with Gasteiger partial charge in [0.2, 0.25) is 0 Å². The van der Waals surface area contributed by atoms with Gasteiger partial charge in [-0.15, -0.1) is 0 Å². The number of hydrogen-bond donors (Lipinski definition) is 2. The molecule has 184 valence electrons. The van der Waals surface area contributed by atoms with Crippen molar-refractivity contribution in [3.05, 3.63) is 129 Å². The minimum Gasteiger partial charge on any atom is -0.398 e. The fourth-order valence-electron chi connectivity index (χ4n) is 6.51. The van der Waals surface area contributed by atoms with Gasteiger partial charge in [-0.3, -0.25) is 0 Å². The van der Waals surface area contributed by atoms with Crippen LogP contribution in [0.25, 0.3) is 21.9 Å². The van der Waals surface area contributed by atoms with Gasteiger partial charge in [0.1, 0.15) is 0 Å². The number of hydrogen-bond acceptors (Lipinski definition) is 2. The number of nitrogen functional groups attached to an aromatic ring is 2. The van der Waals surface area contributed by atoms with Gasteiger partial charge in [-0.1, -0.05) is 86.6 Å². The van der Waals surface area contributed by atoms with Crippen molar-refractivity contribution < 1.29 is 0 Å². The van der Waals surface area contributed by atoms with E-state index in [0.29, 0.717) is 0 Å². The van der Waals surface area contributed by atoms with Crippen LogP contribution in [0, 0.1) is 13.8 Å². The number of fused-ring (bicyclic) bond motifs is 4. The second kappa shape index (κ2) is 8.52. The Balaban J connectivity index is 1.84. The van der Waals surface area contributed by atoms with Gasteiger partial charge < -0.3 is 11.5 Å². The van der Waals surface area contributed by atoms with Crippen LogP contribution in [0.4, 0.5) is 11.4 Å². The third-order valence-electron chi connectivity index (χ3n) is 8.48. The van der Waals surface area contributed by atoms with E-state index in [1.165, 1.54) is 55.3 Å². The largest absolute Gasteiger partial charge is 0.398 e. The highest BCUT2D eigenvalue weighted by Crippen LogP contribution is 2.57. The quantitative estimate of drug-likeness (QED) is 0.249. The normalized spacial score (nSPS) is 13.5. The second-order valence-electron chi connectivity index (χ2n) is 10.5. The monoisotopic (exact) mass is 482 g/mol. The minimum absolute atomic E-state index is 0.472. The van der Waals surface area contributed by atoms with Crippen molar-refractivity contribution in [3.63, 3.8) is 0 Å².